The van der Waals surface area contributed by atoms with Gasteiger partial charge < -0.3 is 0 Å². The van der Waals surface area contributed by atoms with E-state index >= 15 is 0 Å². The summed E-state index contributed by atoms with van der Waals surface area (Å²) in [5.74, 6) is 1.26. The van der Waals surface area contributed by atoms with Crippen molar-refractivity contribution in [2.24, 2.45) is 0 Å². The number of benzene rings is 10. The summed E-state index contributed by atoms with van der Waals surface area (Å²) in [4.78, 5) is 21.2. The molecule has 1 aliphatic rings. The van der Waals surface area contributed by atoms with E-state index in [2.05, 4.69) is 212 Å². The standard InChI is InChI=1S/C70H45N5/c71-46-47-31-37-60-61-38-36-54(43-63(61)70(62(60)39-47,58-27-15-5-16-28-58)59-29-17-6-18-30-59)55-40-56(66-44-64(50-21-9-2-10-22-50)72-68(74-66)52-23-11-3-12-24-52)42-57(41-55)67-45-65(73-69(75-67)53-25-13-4-14-26-53)51-34-32-49(33-35-51)48-19-7-1-8-20-48/h1-45H. The van der Waals surface area contributed by atoms with Crippen LogP contribution in [0.3, 0.4) is 0 Å². The predicted octanol–water partition coefficient (Wildman–Crippen LogP) is 16.8. The number of nitrogens with zero attached hydrogens (tertiary/aromatic N) is 5. The minimum Gasteiger partial charge on any atom is -0.228 e. The molecule has 0 atom stereocenters. The van der Waals surface area contributed by atoms with Gasteiger partial charge in [-0.1, -0.05) is 224 Å². The molecule has 0 radical (unpaired) electrons. The monoisotopic (exact) mass is 955 g/mol. The van der Waals surface area contributed by atoms with Gasteiger partial charge in [0.05, 0.1) is 39.8 Å². The lowest BCUT2D eigenvalue weighted by atomic mass is 9.67. The number of hydrogen-bond acceptors (Lipinski definition) is 5. The van der Waals surface area contributed by atoms with Crippen LogP contribution in [-0.4, -0.2) is 19.9 Å². The van der Waals surface area contributed by atoms with Crippen molar-refractivity contribution >= 4 is 0 Å². The first-order valence-corrected chi connectivity index (χ1v) is 25.2. The van der Waals surface area contributed by atoms with Gasteiger partial charge in [0.1, 0.15) is 0 Å². The van der Waals surface area contributed by atoms with Gasteiger partial charge in [-0.05, 0) is 104 Å². The van der Waals surface area contributed by atoms with E-state index in [-0.39, 0.29) is 0 Å². The number of nitriles is 1. The fourth-order valence-electron chi connectivity index (χ4n) is 10.8. The fourth-order valence-corrected chi connectivity index (χ4v) is 10.8. The fraction of sp³-hybridized carbons (Fsp3) is 0.0143. The Labute approximate surface area is 436 Å². The van der Waals surface area contributed by atoms with Crippen LogP contribution < -0.4 is 0 Å². The first-order chi connectivity index (χ1) is 37.1. The van der Waals surface area contributed by atoms with Crippen molar-refractivity contribution in [1.29, 1.82) is 5.26 Å². The van der Waals surface area contributed by atoms with Crippen LogP contribution in [0.1, 0.15) is 27.8 Å². The van der Waals surface area contributed by atoms with Crippen molar-refractivity contribution in [3.8, 4) is 107 Å². The molecule has 0 unspecified atom stereocenters. The minimum atomic E-state index is -0.722. The summed E-state index contributed by atoms with van der Waals surface area (Å²) in [6, 6.07) is 97.5. The summed E-state index contributed by atoms with van der Waals surface area (Å²) in [6.07, 6.45) is 0. The Balaban J connectivity index is 1.06. The molecule has 12 aromatic rings. The molecule has 0 spiro atoms. The van der Waals surface area contributed by atoms with Crippen LogP contribution in [0.25, 0.3) is 101 Å². The van der Waals surface area contributed by atoms with Crippen LogP contribution in [0.2, 0.25) is 0 Å². The summed E-state index contributed by atoms with van der Waals surface area (Å²) < 4.78 is 0. The maximum Gasteiger partial charge on any atom is 0.160 e. The molecule has 5 heteroatoms. The molecule has 0 saturated heterocycles. The van der Waals surface area contributed by atoms with E-state index in [9.17, 15) is 5.26 Å². The zero-order valence-corrected chi connectivity index (χ0v) is 40.7. The lowest BCUT2D eigenvalue weighted by Crippen LogP contribution is -2.28. The molecule has 13 rings (SSSR count). The predicted molar refractivity (Wildman–Crippen MR) is 303 cm³/mol. The minimum absolute atomic E-state index is 0.621. The van der Waals surface area contributed by atoms with Crippen molar-refractivity contribution in [3.63, 3.8) is 0 Å². The van der Waals surface area contributed by atoms with Gasteiger partial charge >= 0.3 is 0 Å². The van der Waals surface area contributed by atoms with E-state index in [1.807, 2.05) is 66.7 Å². The average molecular weight is 956 g/mol. The molecule has 0 fully saturated rings. The van der Waals surface area contributed by atoms with E-state index in [0.29, 0.717) is 17.2 Å². The lowest BCUT2D eigenvalue weighted by Gasteiger charge is -2.34. The van der Waals surface area contributed by atoms with Gasteiger partial charge in [0.25, 0.3) is 0 Å². The van der Waals surface area contributed by atoms with Crippen LogP contribution in [0.15, 0.2) is 273 Å². The Kier molecular flexibility index (Phi) is 11.4. The van der Waals surface area contributed by atoms with E-state index in [0.717, 1.165) is 112 Å². The highest BCUT2D eigenvalue weighted by molar-refractivity contribution is 5.90. The summed E-state index contributed by atoms with van der Waals surface area (Å²) in [6.45, 7) is 0. The summed E-state index contributed by atoms with van der Waals surface area (Å²) in [5, 5.41) is 10.3. The van der Waals surface area contributed by atoms with Crippen LogP contribution in [0.4, 0.5) is 0 Å². The molecule has 2 heterocycles. The maximum atomic E-state index is 10.3. The third-order valence-electron chi connectivity index (χ3n) is 14.4. The highest BCUT2D eigenvalue weighted by Gasteiger charge is 2.46. The smallest absolute Gasteiger partial charge is 0.160 e. The summed E-state index contributed by atoms with van der Waals surface area (Å²) in [7, 11) is 0. The summed E-state index contributed by atoms with van der Waals surface area (Å²) in [5.41, 5.74) is 19.8. The second kappa shape index (κ2) is 19.1. The van der Waals surface area contributed by atoms with Crippen molar-refractivity contribution < 1.29 is 0 Å². The van der Waals surface area contributed by atoms with Crippen molar-refractivity contribution in [3.05, 3.63) is 301 Å². The zero-order chi connectivity index (χ0) is 50.1. The molecule has 5 nitrogen and oxygen atoms in total. The maximum absolute atomic E-state index is 10.3. The first kappa shape index (κ1) is 44.8. The average Bonchev–Trinajstić information content (AvgIpc) is 3.93. The molecule has 0 aliphatic heterocycles. The number of rotatable bonds is 10. The summed E-state index contributed by atoms with van der Waals surface area (Å²) >= 11 is 0. The number of aromatic nitrogens is 4. The van der Waals surface area contributed by atoms with Crippen molar-refractivity contribution in [2.75, 3.05) is 0 Å². The van der Waals surface area contributed by atoms with Crippen LogP contribution in [0.5, 0.6) is 0 Å². The highest BCUT2D eigenvalue weighted by atomic mass is 14.9. The van der Waals surface area contributed by atoms with Crippen molar-refractivity contribution in [1.82, 2.24) is 19.9 Å². The largest absolute Gasteiger partial charge is 0.228 e. The van der Waals surface area contributed by atoms with Crippen LogP contribution in [0, 0.1) is 11.3 Å². The molecule has 0 N–H and O–H groups in total. The van der Waals surface area contributed by atoms with Gasteiger partial charge in [-0.15, -0.1) is 0 Å². The molecule has 2 aromatic heterocycles. The zero-order valence-electron chi connectivity index (χ0n) is 40.7. The number of fused-ring (bicyclic) bond motifs is 3. The van der Waals surface area contributed by atoms with Gasteiger partial charge in [0.2, 0.25) is 0 Å². The van der Waals surface area contributed by atoms with Crippen molar-refractivity contribution in [2.45, 2.75) is 5.41 Å². The second-order valence-electron chi connectivity index (χ2n) is 18.9. The Bertz CT molecular complexity index is 3980. The molecular formula is C70H45N5. The third kappa shape index (κ3) is 8.27. The highest BCUT2D eigenvalue weighted by Crippen LogP contribution is 2.57. The first-order valence-electron chi connectivity index (χ1n) is 25.2. The molecule has 0 saturated carbocycles. The van der Waals surface area contributed by atoms with E-state index < -0.39 is 5.41 Å². The molecule has 75 heavy (non-hydrogen) atoms. The molecular weight excluding hydrogens is 911 g/mol. The van der Waals surface area contributed by atoms with E-state index in [4.69, 9.17) is 19.9 Å². The quantitative estimate of drug-likeness (QED) is 0.136. The van der Waals surface area contributed by atoms with Gasteiger partial charge in [-0.25, -0.2) is 19.9 Å². The third-order valence-corrected chi connectivity index (χ3v) is 14.4. The lowest BCUT2D eigenvalue weighted by molar-refractivity contribution is 0.768. The molecule has 0 amide bonds. The van der Waals surface area contributed by atoms with Crippen LogP contribution in [-0.2, 0) is 5.41 Å². The topological polar surface area (TPSA) is 75.3 Å². The Morgan fingerprint density at radius 3 is 1.09 bits per heavy atom. The van der Waals surface area contributed by atoms with Gasteiger partial charge in [0.15, 0.2) is 11.6 Å². The van der Waals surface area contributed by atoms with E-state index in [1.54, 1.807) is 0 Å². The normalized spacial score (nSPS) is 12.1. The van der Waals surface area contributed by atoms with Crippen LogP contribution >= 0.6 is 0 Å². The second-order valence-corrected chi connectivity index (χ2v) is 18.9. The van der Waals surface area contributed by atoms with Gasteiger partial charge in [-0.3, -0.25) is 0 Å². The molecule has 1 aliphatic carbocycles. The van der Waals surface area contributed by atoms with Gasteiger partial charge in [-0.2, -0.15) is 5.26 Å². The molecule has 350 valence electrons. The van der Waals surface area contributed by atoms with Gasteiger partial charge in [0, 0.05) is 33.4 Å². The number of hydrogen-bond donors (Lipinski definition) is 0. The van der Waals surface area contributed by atoms with E-state index in [1.165, 1.54) is 0 Å². The Morgan fingerprint density at radius 1 is 0.267 bits per heavy atom. The Morgan fingerprint density at radius 2 is 0.613 bits per heavy atom. The Hall–Kier alpha value is -10.2. The molecule has 0 bridgehead atoms. The SMILES string of the molecule is N#Cc1ccc2c(c1)C(c1ccccc1)(c1ccccc1)c1cc(-c3cc(-c4cc(-c5ccccc5)nc(-c5ccccc5)n4)cc(-c4cc(-c5ccc(-c6ccccc6)cc5)nc(-c5ccccc5)n4)c3)ccc1-2. The molecule has 10 aromatic carbocycles.